The highest BCUT2D eigenvalue weighted by Crippen LogP contribution is 2.57. The number of fused-ring (bicyclic) bond motifs is 4. The molecule has 0 amide bonds. The van der Waals surface area contributed by atoms with Crippen LogP contribution in [0.1, 0.15) is 29.7 Å². The molecule has 34 heavy (non-hydrogen) atoms. The molecule has 162 valence electrons. The van der Waals surface area contributed by atoms with Gasteiger partial charge in [-0.3, -0.25) is 0 Å². The summed E-state index contributed by atoms with van der Waals surface area (Å²) in [6, 6.07) is 32.7. The van der Waals surface area contributed by atoms with Gasteiger partial charge in [0.2, 0.25) is 0 Å². The lowest BCUT2D eigenvalue weighted by Gasteiger charge is -2.34. The van der Waals surface area contributed by atoms with Gasteiger partial charge < -0.3 is 4.98 Å². The van der Waals surface area contributed by atoms with E-state index in [1.54, 1.807) is 0 Å². The third kappa shape index (κ3) is 2.60. The molecule has 2 heteroatoms. The van der Waals surface area contributed by atoms with Crippen LogP contribution < -0.4 is 0 Å². The van der Waals surface area contributed by atoms with E-state index in [1.165, 1.54) is 39.0 Å². The molecule has 1 unspecified atom stereocenters. The standard InChI is InChI=1S/C32H24N2/c1-4-12-22(13-5-1)28-21-33-31-27(28)20-26-25-18-10-11-19-29(25)32(30(26)34-31,23-14-6-2-7-15-23)24-16-8-3-9-17-24/h1-2,4-8,10-21H,3,9H2,(H,33,34). The molecule has 1 atom stereocenters. The number of H-pyrrole nitrogens is 1. The Kier molecular flexibility index (Phi) is 4.22. The van der Waals surface area contributed by atoms with E-state index in [0.29, 0.717) is 0 Å². The van der Waals surface area contributed by atoms with Crippen LogP contribution in [-0.2, 0) is 5.41 Å². The van der Waals surface area contributed by atoms with E-state index in [1.807, 2.05) is 0 Å². The van der Waals surface area contributed by atoms with Crippen LogP contribution in [0.3, 0.4) is 0 Å². The van der Waals surface area contributed by atoms with Crippen molar-refractivity contribution in [2.45, 2.75) is 18.3 Å². The quantitative estimate of drug-likeness (QED) is 0.307. The summed E-state index contributed by atoms with van der Waals surface area (Å²) in [4.78, 5) is 8.88. The van der Waals surface area contributed by atoms with Crippen molar-refractivity contribution in [2.75, 3.05) is 0 Å². The first kappa shape index (κ1) is 19.3. The molecule has 0 radical (unpaired) electrons. The van der Waals surface area contributed by atoms with E-state index in [-0.39, 0.29) is 0 Å². The number of rotatable bonds is 3. The zero-order valence-electron chi connectivity index (χ0n) is 18.8. The third-order valence-corrected chi connectivity index (χ3v) is 7.36. The topological polar surface area (TPSA) is 28.7 Å². The van der Waals surface area contributed by atoms with Crippen molar-refractivity contribution in [1.82, 2.24) is 9.97 Å². The lowest BCUT2D eigenvalue weighted by molar-refractivity contribution is 0.727. The Balaban J connectivity index is 1.59. The molecule has 0 spiro atoms. The van der Waals surface area contributed by atoms with Gasteiger partial charge in [0, 0.05) is 22.7 Å². The minimum atomic E-state index is -0.420. The second-order valence-electron chi connectivity index (χ2n) is 9.15. The van der Waals surface area contributed by atoms with Crippen LogP contribution in [-0.4, -0.2) is 9.97 Å². The molecule has 7 rings (SSSR count). The van der Waals surface area contributed by atoms with Gasteiger partial charge >= 0.3 is 0 Å². The number of allylic oxidation sites excluding steroid dienone is 4. The molecule has 0 saturated heterocycles. The van der Waals surface area contributed by atoms with Gasteiger partial charge in [0.1, 0.15) is 5.65 Å². The Bertz CT molecular complexity index is 1590. The number of pyridine rings is 1. The zero-order valence-corrected chi connectivity index (χ0v) is 18.8. The van der Waals surface area contributed by atoms with Crippen LogP contribution in [0.5, 0.6) is 0 Å². The number of hydrogen-bond acceptors (Lipinski definition) is 1. The summed E-state index contributed by atoms with van der Waals surface area (Å²) in [7, 11) is 0. The summed E-state index contributed by atoms with van der Waals surface area (Å²) < 4.78 is 0. The predicted molar refractivity (Wildman–Crippen MR) is 140 cm³/mol. The van der Waals surface area contributed by atoms with Gasteiger partial charge in [-0.05, 0) is 46.7 Å². The molecular formula is C32H24N2. The van der Waals surface area contributed by atoms with Crippen molar-refractivity contribution in [3.63, 3.8) is 0 Å². The summed E-state index contributed by atoms with van der Waals surface area (Å²) >= 11 is 0. The number of benzene rings is 3. The van der Waals surface area contributed by atoms with Gasteiger partial charge in [0.25, 0.3) is 0 Å². The van der Waals surface area contributed by atoms with Crippen molar-refractivity contribution >= 4 is 11.0 Å². The number of hydrogen-bond donors (Lipinski definition) is 1. The Morgan fingerprint density at radius 2 is 1.50 bits per heavy atom. The summed E-state index contributed by atoms with van der Waals surface area (Å²) in [6.45, 7) is 0. The minimum Gasteiger partial charge on any atom is -0.346 e. The maximum absolute atomic E-state index is 5.39. The third-order valence-electron chi connectivity index (χ3n) is 7.36. The highest BCUT2D eigenvalue weighted by molar-refractivity contribution is 5.99. The second-order valence-corrected chi connectivity index (χ2v) is 9.15. The normalized spacial score (nSPS) is 18.5. The molecule has 5 aromatic rings. The van der Waals surface area contributed by atoms with Crippen molar-refractivity contribution in [3.05, 3.63) is 138 Å². The van der Waals surface area contributed by atoms with Crippen molar-refractivity contribution < 1.29 is 0 Å². The lowest BCUT2D eigenvalue weighted by atomic mass is 9.68. The number of aromatic nitrogens is 2. The van der Waals surface area contributed by atoms with Gasteiger partial charge in [0.15, 0.2) is 0 Å². The van der Waals surface area contributed by atoms with Crippen LogP contribution in [0, 0.1) is 0 Å². The smallest absolute Gasteiger partial charge is 0.138 e. The molecule has 2 aliphatic carbocycles. The van der Waals surface area contributed by atoms with Crippen molar-refractivity contribution in [1.29, 1.82) is 0 Å². The average Bonchev–Trinajstić information content (AvgIpc) is 3.46. The Morgan fingerprint density at radius 1 is 0.735 bits per heavy atom. The largest absolute Gasteiger partial charge is 0.346 e. The van der Waals surface area contributed by atoms with Crippen molar-refractivity contribution in [2.24, 2.45) is 0 Å². The average molecular weight is 437 g/mol. The SMILES string of the molecule is C1=CC(C2(c3ccccc3)c3ccccc3-c3cc4c(-c5ccccc5)c[nH]c4nc32)=CCC1. The van der Waals surface area contributed by atoms with Crippen LogP contribution in [0.25, 0.3) is 33.3 Å². The highest BCUT2D eigenvalue weighted by Gasteiger charge is 2.48. The minimum absolute atomic E-state index is 0.420. The molecule has 3 aromatic carbocycles. The van der Waals surface area contributed by atoms with E-state index in [9.17, 15) is 0 Å². The maximum atomic E-state index is 5.39. The molecular weight excluding hydrogens is 412 g/mol. The summed E-state index contributed by atoms with van der Waals surface area (Å²) in [5.74, 6) is 0. The first-order valence-corrected chi connectivity index (χ1v) is 12.0. The van der Waals surface area contributed by atoms with Crippen LogP contribution in [0.15, 0.2) is 121 Å². The van der Waals surface area contributed by atoms with Crippen LogP contribution in [0.2, 0.25) is 0 Å². The highest BCUT2D eigenvalue weighted by atomic mass is 14.9. The number of aromatic amines is 1. The van der Waals surface area contributed by atoms with Gasteiger partial charge in [-0.2, -0.15) is 0 Å². The first-order valence-electron chi connectivity index (χ1n) is 12.0. The fourth-order valence-corrected chi connectivity index (χ4v) is 5.90. The van der Waals surface area contributed by atoms with E-state index >= 15 is 0 Å². The Hall–Kier alpha value is -4.17. The first-order chi connectivity index (χ1) is 16.9. The van der Waals surface area contributed by atoms with E-state index in [2.05, 4.69) is 120 Å². The number of nitrogens with zero attached hydrogens (tertiary/aromatic N) is 1. The maximum Gasteiger partial charge on any atom is 0.138 e. The van der Waals surface area contributed by atoms with E-state index in [4.69, 9.17) is 4.98 Å². The fourth-order valence-electron chi connectivity index (χ4n) is 5.90. The monoisotopic (exact) mass is 436 g/mol. The van der Waals surface area contributed by atoms with Crippen LogP contribution >= 0.6 is 0 Å². The molecule has 0 saturated carbocycles. The molecule has 2 aromatic heterocycles. The zero-order chi connectivity index (χ0) is 22.5. The molecule has 0 aliphatic heterocycles. The number of nitrogens with one attached hydrogen (secondary N) is 1. The lowest BCUT2D eigenvalue weighted by Crippen LogP contribution is -2.30. The molecule has 2 heterocycles. The molecule has 0 bridgehead atoms. The van der Waals surface area contributed by atoms with Gasteiger partial charge in [-0.15, -0.1) is 0 Å². The van der Waals surface area contributed by atoms with Crippen molar-refractivity contribution in [3.8, 4) is 22.3 Å². The van der Waals surface area contributed by atoms with Gasteiger partial charge in [-0.1, -0.05) is 103 Å². The second kappa shape index (κ2) is 7.43. The molecule has 2 aliphatic rings. The van der Waals surface area contributed by atoms with Crippen LogP contribution in [0.4, 0.5) is 0 Å². The van der Waals surface area contributed by atoms with Gasteiger partial charge in [-0.25, -0.2) is 4.98 Å². The molecule has 0 fully saturated rings. The Labute approximate surface area is 199 Å². The van der Waals surface area contributed by atoms with E-state index < -0.39 is 5.41 Å². The summed E-state index contributed by atoms with van der Waals surface area (Å²) in [5.41, 5.74) is 10.4. The van der Waals surface area contributed by atoms with E-state index in [0.717, 1.165) is 29.6 Å². The Morgan fingerprint density at radius 3 is 2.29 bits per heavy atom. The summed E-state index contributed by atoms with van der Waals surface area (Å²) in [5, 5.41) is 1.16. The van der Waals surface area contributed by atoms with Gasteiger partial charge in [0.05, 0.1) is 11.1 Å². The molecule has 2 nitrogen and oxygen atoms in total. The fraction of sp³-hybridized carbons (Fsp3) is 0.0938. The predicted octanol–water partition coefficient (Wildman–Crippen LogP) is 7.82. The summed E-state index contributed by atoms with van der Waals surface area (Å²) in [6.07, 6.45) is 11.3. The molecule has 1 N–H and O–H groups in total.